The van der Waals surface area contributed by atoms with Crippen LogP contribution in [0.4, 0.5) is 10.1 Å². The van der Waals surface area contributed by atoms with E-state index >= 15 is 0 Å². The monoisotopic (exact) mass is 250 g/mol. The van der Waals surface area contributed by atoms with Crippen molar-refractivity contribution in [3.8, 4) is 0 Å². The first kappa shape index (κ1) is 13.3. The minimum atomic E-state index is -0.175. The number of hydrogen-bond donors (Lipinski definition) is 1. The standard InChI is InChI=1S/C15H23FN2/c1-2-4-12-7-9-18(10-8-12)15-6-3-5-14(16)13(15)11-17/h3,5-6,12H,2,4,7-11,17H2,1H3. The lowest BCUT2D eigenvalue weighted by Gasteiger charge is -2.34. The van der Waals surface area contributed by atoms with Crippen LogP contribution < -0.4 is 10.6 Å². The fraction of sp³-hybridized carbons (Fsp3) is 0.600. The summed E-state index contributed by atoms with van der Waals surface area (Å²) in [6, 6.07) is 5.27. The third-order valence-corrected chi connectivity index (χ3v) is 3.95. The molecule has 1 fully saturated rings. The Bertz CT molecular complexity index is 384. The molecule has 100 valence electrons. The third-order valence-electron chi connectivity index (χ3n) is 3.95. The third kappa shape index (κ3) is 2.83. The van der Waals surface area contributed by atoms with Gasteiger partial charge in [-0.3, -0.25) is 0 Å². The summed E-state index contributed by atoms with van der Waals surface area (Å²) in [5.74, 6) is 0.673. The molecule has 0 aliphatic carbocycles. The van der Waals surface area contributed by atoms with Gasteiger partial charge in [0, 0.05) is 30.9 Å². The van der Waals surface area contributed by atoms with Crippen LogP contribution in [0.1, 0.15) is 38.2 Å². The Morgan fingerprint density at radius 1 is 1.33 bits per heavy atom. The minimum Gasteiger partial charge on any atom is -0.371 e. The maximum atomic E-state index is 13.7. The van der Waals surface area contributed by atoms with Gasteiger partial charge in [0.2, 0.25) is 0 Å². The molecule has 0 aromatic heterocycles. The van der Waals surface area contributed by atoms with E-state index < -0.39 is 0 Å². The van der Waals surface area contributed by atoms with Crippen LogP contribution in [0, 0.1) is 11.7 Å². The van der Waals surface area contributed by atoms with Gasteiger partial charge in [0.05, 0.1) is 0 Å². The van der Waals surface area contributed by atoms with Gasteiger partial charge in [-0.25, -0.2) is 4.39 Å². The molecule has 1 aliphatic rings. The molecule has 0 amide bonds. The van der Waals surface area contributed by atoms with Gasteiger partial charge in [-0.05, 0) is 30.9 Å². The van der Waals surface area contributed by atoms with Crippen LogP contribution in [-0.2, 0) is 6.54 Å². The van der Waals surface area contributed by atoms with Crippen molar-refractivity contribution in [1.29, 1.82) is 0 Å². The lowest BCUT2D eigenvalue weighted by molar-refractivity contribution is 0.378. The summed E-state index contributed by atoms with van der Waals surface area (Å²) < 4.78 is 13.7. The van der Waals surface area contributed by atoms with Crippen LogP contribution in [0.15, 0.2) is 18.2 Å². The molecule has 1 aromatic rings. The minimum absolute atomic E-state index is 0.175. The average molecular weight is 250 g/mol. The van der Waals surface area contributed by atoms with Crippen molar-refractivity contribution in [3.05, 3.63) is 29.6 Å². The van der Waals surface area contributed by atoms with Crippen molar-refractivity contribution in [2.75, 3.05) is 18.0 Å². The van der Waals surface area contributed by atoms with Crippen LogP contribution >= 0.6 is 0 Å². The highest BCUT2D eigenvalue weighted by Gasteiger charge is 2.21. The molecule has 0 bridgehead atoms. The second kappa shape index (κ2) is 6.19. The topological polar surface area (TPSA) is 29.3 Å². The summed E-state index contributed by atoms with van der Waals surface area (Å²) in [6.45, 7) is 4.57. The number of nitrogens with two attached hydrogens (primary N) is 1. The molecule has 2 N–H and O–H groups in total. The van der Waals surface area contributed by atoms with Crippen LogP contribution in [0.2, 0.25) is 0 Å². The van der Waals surface area contributed by atoms with Crippen LogP contribution in [0.25, 0.3) is 0 Å². The Morgan fingerprint density at radius 2 is 2.06 bits per heavy atom. The SMILES string of the molecule is CCCC1CCN(c2cccc(F)c2CN)CC1. The second-order valence-electron chi connectivity index (χ2n) is 5.16. The molecule has 2 rings (SSSR count). The smallest absolute Gasteiger partial charge is 0.129 e. The van der Waals surface area contributed by atoms with Crippen molar-refractivity contribution in [3.63, 3.8) is 0 Å². The second-order valence-corrected chi connectivity index (χ2v) is 5.16. The van der Waals surface area contributed by atoms with Crippen LogP contribution in [-0.4, -0.2) is 13.1 Å². The highest BCUT2D eigenvalue weighted by atomic mass is 19.1. The zero-order valence-electron chi connectivity index (χ0n) is 11.2. The molecule has 1 aromatic carbocycles. The fourth-order valence-corrected chi connectivity index (χ4v) is 2.92. The lowest BCUT2D eigenvalue weighted by atomic mass is 9.92. The first-order valence-electron chi connectivity index (χ1n) is 6.98. The van der Waals surface area contributed by atoms with E-state index in [0.717, 1.165) is 24.7 Å². The molecular weight excluding hydrogens is 227 g/mol. The van der Waals surface area contributed by atoms with Gasteiger partial charge in [-0.1, -0.05) is 25.8 Å². The van der Waals surface area contributed by atoms with Crippen molar-refractivity contribution in [2.45, 2.75) is 39.2 Å². The highest BCUT2D eigenvalue weighted by molar-refractivity contribution is 5.54. The number of halogens is 1. The summed E-state index contributed by atoms with van der Waals surface area (Å²) in [5.41, 5.74) is 7.32. The molecule has 1 heterocycles. The zero-order chi connectivity index (χ0) is 13.0. The predicted molar refractivity (Wildman–Crippen MR) is 74.1 cm³/mol. The molecule has 1 saturated heterocycles. The Hall–Kier alpha value is -1.09. The van der Waals surface area contributed by atoms with Gasteiger partial charge in [0.1, 0.15) is 5.82 Å². The number of anilines is 1. The molecule has 18 heavy (non-hydrogen) atoms. The van der Waals surface area contributed by atoms with Crippen molar-refractivity contribution >= 4 is 5.69 Å². The Labute approximate surface area is 109 Å². The number of benzene rings is 1. The summed E-state index contributed by atoms with van der Waals surface area (Å²) in [6.07, 6.45) is 5.02. The molecule has 0 unspecified atom stereocenters. The maximum Gasteiger partial charge on any atom is 0.129 e. The van der Waals surface area contributed by atoms with E-state index in [0.29, 0.717) is 5.56 Å². The summed E-state index contributed by atoms with van der Waals surface area (Å²) in [4.78, 5) is 2.29. The van der Waals surface area contributed by atoms with Crippen molar-refractivity contribution in [1.82, 2.24) is 0 Å². The number of rotatable bonds is 4. The molecule has 0 radical (unpaired) electrons. The molecular formula is C15H23FN2. The van der Waals surface area contributed by atoms with Gasteiger partial charge >= 0.3 is 0 Å². The highest BCUT2D eigenvalue weighted by Crippen LogP contribution is 2.29. The van der Waals surface area contributed by atoms with Gasteiger partial charge in [-0.15, -0.1) is 0 Å². The quantitative estimate of drug-likeness (QED) is 0.888. The molecule has 0 atom stereocenters. The van der Waals surface area contributed by atoms with Crippen molar-refractivity contribution in [2.24, 2.45) is 11.7 Å². The van der Waals surface area contributed by atoms with Gasteiger partial charge in [-0.2, -0.15) is 0 Å². The van der Waals surface area contributed by atoms with E-state index in [4.69, 9.17) is 5.73 Å². The molecule has 1 aliphatic heterocycles. The van der Waals surface area contributed by atoms with Gasteiger partial charge in [0.25, 0.3) is 0 Å². The van der Waals surface area contributed by atoms with E-state index in [-0.39, 0.29) is 12.4 Å². The first-order chi connectivity index (χ1) is 8.76. The van der Waals surface area contributed by atoms with Crippen LogP contribution in [0.3, 0.4) is 0 Å². The Kier molecular flexibility index (Phi) is 4.59. The summed E-state index contributed by atoms with van der Waals surface area (Å²) in [7, 11) is 0. The van der Waals surface area contributed by atoms with E-state index in [1.165, 1.54) is 31.7 Å². The summed E-state index contributed by atoms with van der Waals surface area (Å²) >= 11 is 0. The number of nitrogens with zero attached hydrogens (tertiary/aromatic N) is 1. The van der Waals surface area contributed by atoms with Gasteiger partial charge < -0.3 is 10.6 Å². The Balaban J connectivity index is 2.07. The molecule has 0 spiro atoms. The van der Waals surface area contributed by atoms with Crippen LogP contribution in [0.5, 0.6) is 0 Å². The first-order valence-corrected chi connectivity index (χ1v) is 6.98. The summed E-state index contributed by atoms with van der Waals surface area (Å²) in [5, 5.41) is 0. The maximum absolute atomic E-state index is 13.7. The predicted octanol–water partition coefficient (Wildman–Crippen LogP) is 3.30. The lowest BCUT2D eigenvalue weighted by Crippen LogP contribution is -2.34. The van der Waals surface area contributed by atoms with E-state index in [9.17, 15) is 4.39 Å². The normalized spacial score (nSPS) is 17.2. The fourth-order valence-electron chi connectivity index (χ4n) is 2.92. The van der Waals surface area contributed by atoms with E-state index in [1.807, 2.05) is 6.07 Å². The van der Waals surface area contributed by atoms with Crippen molar-refractivity contribution < 1.29 is 4.39 Å². The largest absolute Gasteiger partial charge is 0.371 e. The zero-order valence-corrected chi connectivity index (χ0v) is 11.2. The molecule has 3 heteroatoms. The van der Waals surface area contributed by atoms with E-state index in [1.54, 1.807) is 6.07 Å². The molecule has 0 saturated carbocycles. The number of piperidine rings is 1. The molecule has 2 nitrogen and oxygen atoms in total. The van der Waals surface area contributed by atoms with Gasteiger partial charge in [0.15, 0.2) is 0 Å². The Morgan fingerprint density at radius 3 is 2.67 bits per heavy atom. The van der Waals surface area contributed by atoms with E-state index in [2.05, 4.69) is 11.8 Å². The average Bonchev–Trinajstić information content (AvgIpc) is 2.40. The number of hydrogen-bond acceptors (Lipinski definition) is 2.